The van der Waals surface area contributed by atoms with Crippen LogP contribution in [0.5, 0.6) is 0 Å². The van der Waals surface area contributed by atoms with Gasteiger partial charge < -0.3 is 15.6 Å². The molecule has 0 saturated carbocycles. The van der Waals surface area contributed by atoms with E-state index in [1.807, 2.05) is 24.3 Å². The van der Waals surface area contributed by atoms with Crippen LogP contribution in [-0.2, 0) is 6.54 Å². The number of nitrogens with two attached hydrogens (primary N) is 1. The number of nitrogen functional groups attached to an aromatic ring is 1. The van der Waals surface area contributed by atoms with Crippen LogP contribution in [0, 0.1) is 0 Å². The lowest BCUT2D eigenvalue weighted by molar-refractivity contribution is 0.102. The highest BCUT2D eigenvalue weighted by Crippen LogP contribution is 2.21. The minimum absolute atomic E-state index is 0.121. The van der Waals surface area contributed by atoms with E-state index < -0.39 is 0 Å². The molecule has 2 heterocycles. The first-order chi connectivity index (χ1) is 10.7. The molecule has 0 radical (unpaired) electrons. The Balaban J connectivity index is 1.85. The van der Waals surface area contributed by atoms with Gasteiger partial charge in [-0.2, -0.15) is 0 Å². The average Bonchev–Trinajstić information content (AvgIpc) is 2.90. The third kappa shape index (κ3) is 2.63. The van der Waals surface area contributed by atoms with Gasteiger partial charge in [0.1, 0.15) is 0 Å². The van der Waals surface area contributed by atoms with Gasteiger partial charge in [-0.25, -0.2) is 9.97 Å². The lowest BCUT2D eigenvalue weighted by Crippen LogP contribution is -2.16. The standard InChI is InChI=1S/C16H17N5O/c1-2-8-21-9-5-11-10-12(3-4-13(11)21)20-16(22)14-15(17)19-7-6-18-14/h3-7,9-10H,2,8H2,1H3,(H2,17,19)(H,20,22). The minimum Gasteiger partial charge on any atom is -0.382 e. The molecule has 22 heavy (non-hydrogen) atoms. The molecule has 3 rings (SSSR count). The summed E-state index contributed by atoms with van der Waals surface area (Å²) in [4.78, 5) is 20.0. The molecule has 6 nitrogen and oxygen atoms in total. The first-order valence-electron chi connectivity index (χ1n) is 7.15. The van der Waals surface area contributed by atoms with E-state index in [0.29, 0.717) is 5.69 Å². The number of fused-ring (bicyclic) bond motifs is 1. The van der Waals surface area contributed by atoms with Crippen molar-refractivity contribution in [3.8, 4) is 0 Å². The summed E-state index contributed by atoms with van der Waals surface area (Å²) >= 11 is 0. The second-order valence-electron chi connectivity index (χ2n) is 5.03. The average molecular weight is 295 g/mol. The number of benzene rings is 1. The molecule has 2 aromatic heterocycles. The van der Waals surface area contributed by atoms with Gasteiger partial charge in [0.2, 0.25) is 0 Å². The Morgan fingerprint density at radius 3 is 2.86 bits per heavy atom. The molecular formula is C16H17N5O. The summed E-state index contributed by atoms with van der Waals surface area (Å²) in [7, 11) is 0. The van der Waals surface area contributed by atoms with Crippen LogP contribution < -0.4 is 11.1 Å². The number of nitrogens with one attached hydrogen (secondary N) is 1. The summed E-state index contributed by atoms with van der Waals surface area (Å²) in [5.41, 5.74) is 7.65. The number of rotatable bonds is 4. The van der Waals surface area contributed by atoms with Crippen LogP contribution in [0.4, 0.5) is 11.5 Å². The monoisotopic (exact) mass is 295 g/mol. The highest BCUT2D eigenvalue weighted by Gasteiger charge is 2.12. The number of amides is 1. The Bertz CT molecular complexity index is 824. The van der Waals surface area contributed by atoms with Gasteiger partial charge in [-0.15, -0.1) is 0 Å². The van der Waals surface area contributed by atoms with Crippen molar-refractivity contribution in [2.45, 2.75) is 19.9 Å². The van der Waals surface area contributed by atoms with Crippen LogP contribution in [-0.4, -0.2) is 20.4 Å². The van der Waals surface area contributed by atoms with E-state index in [4.69, 9.17) is 5.73 Å². The zero-order valence-electron chi connectivity index (χ0n) is 12.3. The summed E-state index contributed by atoms with van der Waals surface area (Å²) in [6, 6.07) is 7.85. The Morgan fingerprint density at radius 2 is 2.09 bits per heavy atom. The van der Waals surface area contributed by atoms with Crippen molar-refractivity contribution in [3.05, 3.63) is 48.5 Å². The number of anilines is 2. The van der Waals surface area contributed by atoms with Crippen LogP contribution >= 0.6 is 0 Å². The van der Waals surface area contributed by atoms with Crippen LogP contribution in [0.25, 0.3) is 10.9 Å². The summed E-state index contributed by atoms with van der Waals surface area (Å²) in [6.45, 7) is 3.12. The van der Waals surface area contributed by atoms with Gasteiger partial charge in [0, 0.05) is 41.7 Å². The molecule has 0 aliphatic heterocycles. The van der Waals surface area contributed by atoms with Gasteiger partial charge in [0.15, 0.2) is 11.5 Å². The van der Waals surface area contributed by atoms with E-state index in [1.54, 1.807) is 0 Å². The van der Waals surface area contributed by atoms with Crippen molar-refractivity contribution in [1.82, 2.24) is 14.5 Å². The number of hydrogen-bond acceptors (Lipinski definition) is 4. The maximum atomic E-state index is 12.2. The molecule has 6 heteroatoms. The predicted octanol–water partition coefficient (Wildman–Crippen LogP) is 2.68. The molecule has 0 saturated heterocycles. The molecular weight excluding hydrogens is 278 g/mol. The topological polar surface area (TPSA) is 85.8 Å². The fourth-order valence-electron chi connectivity index (χ4n) is 2.43. The van der Waals surface area contributed by atoms with Gasteiger partial charge in [0.05, 0.1) is 0 Å². The van der Waals surface area contributed by atoms with E-state index in [-0.39, 0.29) is 17.4 Å². The quantitative estimate of drug-likeness (QED) is 0.775. The third-order valence-corrected chi connectivity index (χ3v) is 3.43. The van der Waals surface area contributed by atoms with Gasteiger partial charge in [0.25, 0.3) is 5.91 Å². The highest BCUT2D eigenvalue weighted by atomic mass is 16.1. The van der Waals surface area contributed by atoms with Crippen LogP contribution in [0.1, 0.15) is 23.8 Å². The number of carbonyl (C=O) groups excluding carboxylic acids is 1. The van der Waals surface area contributed by atoms with Gasteiger partial charge in [-0.05, 0) is 30.7 Å². The van der Waals surface area contributed by atoms with Crippen LogP contribution in [0.3, 0.4) is 0 Å². The van der Waals surface area contributed by atoms with Crippen molar-refractivity contribution in [2.24, 2.45) is 0 Å². The maximum Gasteiger partial charge on any atom is 0.278 e. The Kier molecular flexibility index (Phi) is 3.74. The zero-order valence-corrected chi connectivity index (χ0v) is 12.3. The van der Waals surface area contributed by atoms with Crippen molar-refractivity contribution in [2.75, 3.05) is 11.1 Å². The molecule has 1 aromatic carbocycles. The van der Waals surface area contributed by atoms with Crippen LogP contribution in [0.2, 0.25) is 0 Å². The Labute approximate surface area is 128 Å². The van der Waals surface area contributed by atoms with Crippen molar-refractivity contribution in [3.63, 3.8) is 0 Å². The second-order valence-corrected chi connectivity index (χ2v) is 5.03. The lowest BCUT2D eigenvalue weighted by atomic mass is 10.2. The molecule has 0 aliphatic carbocycles. The largest absolute Gasteiger partial charge is 0.382 e. The number of hydrogen-bond donors (Lipinski definition) is 2. The highest BCUT2D eigenvalue weighted by molar-refractivity contribution is 6.06. The summed E-state index contributed by atoms with van der Waals surface area (Å²) in [5.74, 6) is -0.242. The smallest absolute Gasteiger partial charge is 0.278 e. The SMILES string of the molecule is CCCn1ccc2cc(NC(=O)c3nccnc3N)ccc21. The molecule has 0 atom stereocenters. The Morgan fingerprint density at radius 1 is 1.27 bits per heavy atom. The normalized spacial score (nSPS) is 10.8. The molecule has 112 valence electrons. The van der Waals surface area contributed by atoms with Crippen LogP contribution in [0.15, 0.2) is 42.9 Å². The summed E-state index contributed by atoms with van der Waals surface area (Å²) in [6.07, 6.45) is 6.03. The Hall–Kier alpha value is -2.89. The number of nitrogens with zero attached hydrogens (tertiary/aromatic N) is 3. The number of carbonyl (C=O) groups is 1. The van der Waals surface area contributed by atoms with Crippen molar-refractivity contribution in [1.29, 1.82) is 0 Å². The van der Waals surface area contributed by atoms with E-state index >= 15 is 0 Å². The van der Waals surface area contributed by atoms with Gasteiger partial charge >= 0.3 is 0 Å². The van der Waals surface area contributed by atoms with Crippen molar-refractivity contribution >= 4 is 28.3 Å². The first kappa shape index (κ1) is 14.1. The number of aromatic nitrogens is 3. The van der Waals surface area contributed by atoms with E-state index in [2.05, 4.69) is 33.0 Å². The molecule has 3 N–H and O–H groups in total. The first-order valence-corrected chi connectivity index (χ1v) is 7.15. The van der Waals surface area contributed by atoms with E-state index in [9.17, 15) is 4.79 Å². The van der Waals surface area contributed by atoms with Gasteiger partial charge in [-0.1, -0.05) is 6.92 Å². The van der Waals surface area contributed by atoms with Gasteiger partial charge in [-0.3, -0.25) is 4.79 Å². The summed E-state index contributed by atoms with van der Waals surface area (Å²) < 4.78 is 2.20. The third-order valence-electron chi connectivity index (χ3n) is 3.43. The molecule has 1 amide bonds. The zero-order chi connectivity index (χ0) is 15.5. The van der Waals surface area contributed by atoms with E-state index in [1.165, 1.54) is 12.4 Å². The van der Waals surface area contributed by atoms with Crippen molar-refractivity contribution < 1.29 is 4.79 Å². The maximum absolute atomic E-state index is 12.2. The number of aryl methyl sites for hydroxylation is 1. The molecule has 0 fully saturated rings. The fourth-order valence-corrected chi connectivity index (χ4v) is 2.43. The molecule has 0 aliphatic rings. The minimum atomic E-state index is -0.363. The molecule has 3 aromatic rings. The lowest BCUT2D eigenvalue weighted by Gasteiger charge is -2.07. The van der Waals surface area contributed by atoms with E-state index in [0.717, 1.165) is 23.9 Å². The molecule has 0 spiro atoms. The summed E-state index contributed by atoms with van der Waals surface area (Å²) in [5, 5.41) is 3.88. The second kappa shape index (κ2) is 5.85. The molecule has 0 bridgehead atoms. The molecule has 0 unspecified atom stereocenters. The predicted molar refractivity (Wildman–Crippen MR) is 86.6 cm³/mol. The fraction of sp³-hybridized carbons (Fsp3) is 0.188.